The van der Waals surface area contributed by atoms with E-state index >= 15 is 0 Å². The van der Waals surface area contributed by atoms with Crippen molar-refractivity contribution in [2.45, 2.75) is 69.6 Å². The number of hydrogen-bond donors (Lipinski definition) is 4. The van der Waals surface area contributed by atoms with Crippen LogP contribution >= 0.6 is 11.6 Å². The third-order valence-corrected chi connectivity index (χ3v) is 7.46. The number of carboxylic acid groups (broad SMARTS) is 1. The van der Waals surface area contributed by atoms with Crippen LogP contribution in [0.4, 0.5) is 0 Å². The van der Waals surface area contributed by atoms with Gasteiger partial charge in [-0.2, -0.15) is 4.72 Å². The SMILES string of the molecule is CC(C)[C@H](NC(=O)[C@H]1CCCN1C(=O)[C@H](C)NC(=O)[C@H](C)NS(=O)(=O)c1ccc(Cl)cc1)C(=O)O. The second kappa shape index (κ2) is 11.8. The van der Waals surface area contributed by atoms with Crippen molar-refractivity contribution in [1.29, 1.82) is 0 Å². The second-order valence-corrected chi connectivity index (χ2v) is 10.9. The first-order chi connectivity index (χ1) is 16.2. The van der Waals surface area contributed by atoms with E-state index in [4.69, 9.17) is 11.6 Å². The fourth-order valence-corrected chi connectivity index (χ4v) is 5.01. The first-order valence-corrected chi connectivity index (χ1v) is 13.0. The summed E-state index contributed by atoms with van der Waals surface area (Å²) in [6, 6.07) is 1.23. The van der Waals surface area contributed by atoms with Crippen molar-refractivity contribution >= 4 is 45.3 Å². The average molecular weight is 531 g/mol. The number of nitrogens with zero attached hydrogens (tertiary/aromatic N) is 1. The van der Waals surface area contributed by atoms with Gasteiger partial charge in [0.1, 0.15) is 18.1 Å². The van der Waals surface area contributed by atoms with Crippen LogP contribution in [0.15, 0.2) is 29.2 Å². The van der Waals surface area contributed by atoms with Gasteiger partial charge in [0.25, 0.3) is 0 Å². The molecule has 0 saturated carbocycles. The Kier molecular flexibility index (Phi) is 9.64. The largest absolute Gasteiger partial charge is 0.480 e. The summed E-state index contributed by atoms with van der Waals surface area (Å²) >= 11 is 5.77. The Balaban J connectivity index is 2.00. The van der Waals surface area contributed by atoms with Crippen LogP contribution in [-0.2, 0) is 29.2 Å². The van der Waals surface area contributed by atoms with Gasteiger partial charge in [0.15, 0.2) is 0 Å². The summed E-state index contributed by atoms with van der Waals surface area (Å²) in [5, 5.41) is 14.6. The predicted molar refractivity (Wildman–Crippen MR) is 128 cm³/mol. The maximum atomic E-state index is 13.0. The summed E-state index contributed by atoms with van der Waals surface area (Å²) in [5.74, 6) is -3.34. The molecule has 0 radical (unpaired) electrons. The molecule has 1 fully saturated rings. The number of likely N-dealkylation sites (tertiary alicyclic amines) is 1. The predicted octanol–water partition coefficient (Wildman–Crippen LogP) is 0.728. The van der Waals surface area contributed by atoms with Gasteiger partial charge in [-0.05, 0) is 56.9 Å². The fraction of sp³-hybridized carbons (Fsp3) is 0.545. The molecule has 0 aromatic heterocycles. The first-order valence-electron chi connectivity index (χ1n) is 11.2. The second-order valence-electron chi connectivity index (χ2n) is 8.79. The Bertz CT molecular complexity index is 1060. The summed E-state index contributed by atoms with van der Waals surface area (Å²) in [5.41, 5.74) is 0. The van der Waals surface area contributed by atoms with Gasteiger partial charge in [-0.1, -0.05) is 25.4 Å². The molecule has 0 bridgehead atoms. The molecule has 194 valence electrons. The smallest absolute Gasteiger partial charge is 0.326 e. The van der Waals surface area contributed by atoms with Crippen LogP contribution in [0.1, 0.15) is 40.5 Å². The van der Waals surface area contributed by atoms with Crippen molar-refractivity contribution in [2.75, 3.05) is 6.54 Å². The summed E-state index contributed by atoms with van der Waals surface area (Å²) in [6.07, 6.45) is 0.904. The lowest BCUT2D eigenvalue weighted by atomic mass is 10.0. The molecule has 1 aromatic carbocycles. The van der Waals surface area contributed by atoms with Gasteiger partial charge in [-0.25, -0.2) is 13.2 Å². The van der Waals surface area contributed by atoms with Gasteiger partial charge < -0.3 is 20.6 Å². The highest BCUT2D eigenvalue weighted by Crippen LogP contribution is 2.19. The Labute approximate surface area is 209 Å². The Morgan fingerprint density at radius 1 is 1.03 bits per heavy atom. The highest BCUT2D eigenvalue weighted by atomic mass is 35.5. The van der Waals surface area contributed by atoms with E-state index in [9.17, 15) is 32.7 Å². The number of carboxylic acids is 1. The minimum Gasteiger partial charge on any atom is -0.480 e. The van der Waals surface area contributed by atoms with Crippen LogP contribution in [0, 0.1) is 5.92 Å². The maximum absolute atomic E-state index is 13.0. The zero-order valence-corrected chi connectivity index (χ0v) is 21.5. The molecular formula is C22H31ClN4O7S. The van der Waals surface area contributed by atoms with Gasteiger partial charge in [-0.3, -0.25) is 14.4 Å². The van der Waals surface area contributed by atoms with Crippen LogP contribution in [0.25, 0.3) is 0 Å². The topological polar surface area (TPSA) is 162 Å². The van der Waals surface area contributed by atoms with Crippen LogP contribution in [0.3, 0.4) is 0 Å². The summed E-state index contributed by atoms with van der Waals surface area (Å²) < 4.78 is 27.2. The quantitative estimate of drug-likeness (QED) is 0.346. The van der Waals surface area contributed by atoms with E-state index in [-0.39, 0.29) is 17.4 Å². The zero-order valence-electron chi connectivity index (χ0n) is 19.9. The monoisotopic (exact) mass is 530 g/mol. The number of amides is 3. The molecule has 2 rings (SSSR count). The van der Waals surface area contributed by atoms with Crippen LogP contribution in [0.2, 0.25) is 5.02 Å². The molecule has 3 amide bonds. The van der Waals surface area contributed by atoms with E-state index in [1.54, 1.807) is 13.8 Å². The van der Waals surface area contributed by atoms with Crippen molar-refractivity contribution in [3.05, 3.63) is 29.3 Å². The third-order valence-electron chi connectivity index (χ3n) is 5.65. The van der Waals surface area contributed by atoms with Gasteiger partial charge in [0.2, 0.25) is 27.7 Å². The number of hydrogen-bond acceptors (Lipinski definition) is 6. The molecule has 1 saturated heterocycles. The minimum atomic E-state index is -4.00. The van der Waals surface area contributed by atoms with Crippen LogP contribution in [0.5, 0.6) is 0 Å². The van der Waals surface area contributed by atoms with E-state index in [1.807, 2.05) is 0 Å². The van der Waals surface area contributed by atoms with E-state index in [0.717, 1.165) is 0 Å². The van der Waals surface area contributed by atoms with Crippen LogP contribution in [-0.4, -0.2) is 72.8 Å². The van der Waals surface area contributed by atoms with E-state index in [0.29, 0.717) is 17.9 Å². The number of carbonyl (C=O) groups excluding carboxylic acids is 3. The summed E-state index contributed by atoms with van der Waals surface area (Å²) in [7, 11) is -4.00. The Morgan fingerprint density at radius 2 is 1.63 bits per heavy atom. The zero-order chi connectivity index (χ0) is 26.5. The average Bonchev–Trinajstić information content (AvgIpc) is 3.26. The number of benzene rings is 1. The summed E-state index contributed by atoms with van der Waals surface area (Å²) in [4.78, 5) is 50.9. The molecule has 0 aliphatic carbocycles. The lowest BCUT2D eigenvalue weighted by molar-refractivity contribution is -0.145. The number of nitrogens with one attached hydrogen (secondary N) is 3. The van der Waals surface area contributed by atoms with E-state index in [1.165, 1.54) is 43.0 Å². The highest BCUT2D eigenvalue weighted by Gasteiger charge is 2.38. The van der Waals surface area contributed by atoms with Crippen molar-refractivity contribution in [1.82, 2.24) is 20.3 Å². The molecule has 1 aliphatic rings. The molecule has 1 aliphatic heterocycles. The number of carbonyl (C=O) groups is 4. The molecule has 0 unspecified atom stereocenters. The number of rotatable bonds is 10. The van der Waals surface area contributed by atoms with Gasteiger partial charge >= 0.3 is 5.97 Å². The van der Waals surface area contributed by atoms with E-state index < -0.39 is 57.9 Å². The number of aliphatic carboxylic acids is 1. The Hall–Kier alpha value is -2.70. The van der Waals surface area contributed by atoms with E-state index in [2.05, 4.69) is 15.4 Å². The van der Waals surface area contributed by atoms with Gasteiger partial charge in [0, 0.05) is 11.6 Å². The van der Waals surface area contributed by atoms with Crippen molar-refractivity contribution in [2.24, 2.45) is 5.92 Å². The fourth-order valence-electron chi connectivity index (χ4n) is 3.68. The molecule has 1 heterocycles. The molecule has 11 nitrogen and oxygen atoms in total. The number of halogens is 1. The standard InChI is InChI=1S/C22H31ClN4O7S/c1-12(2)18(22(31)32)25-20(29)17-6-5-11-27(17)21(30)14(4)24-19(28)13(3)26-35(33,34)16-9-7-15(23)8-10-16/h7-10,12-14,17-18,26H,5-6,11H2,1-4H3,(H,24,28)(H,25,29)(H,31,32)/t13-,14-,17+,18-/m0/s1. The lowest BCUT2D eigenvalue weighted by Crippen LogP contribution is -2.56. The molecule has 35 heavy (non-hydrogen) atoms. The van der Waals surface area contributed by atoms with Gasteiger partial charge in [0.05, 0.1) is 10.9 Å². The van der Waals surface area contributed by atoms with Crippen LogP contribution < -0.4 is 15.4 Å². The lowest BCUT2D eigenvalue weighted by Gasteiger charge is -2.29. The molecule has 0 spiro atoms. The Morgan fingerprint density at radius 3 is 2.17 bits per heavy atom. The van der Waals surface area contributed by atoms with Crippen molar-refractivity contribution in [3.8, 4) is 0 Å². The van der Waals surface area contributed by atoms with Crippen molar-refractivity contribution < 1.29 is 32.7 Å². The highest BCUT2D eigenvalue weighted by molar-refractivity contribution is 7.89. The maximum Gasteiger partial charge on any atom is 0.326 e. The molecular weight excluding hydrogens is 500 g/mol. The molecule has 13 heteroatoms. The third kappa shape index (κ3) is 7.39. The number of sulfonamides is 1. The molecule has 4 atom stereocenters. The molecule has 4 N–H and O–H groups in total. The van der Waals surface area contributed by atoms with Gasteiger partial charge in [-0.15, -0.1) is 0 Å². The minimum absolute atomic E-state index is 0.0716. The van der Waals surface area contributed by atoms with Crippen molar-refractivity contribution in [3.63, 3.8) is 0 Å². The normalized spacial score (nSPS) is 18.6. The first kappa shape index (κ1) is 28.5. The summed E-state index contributed by atoms with van der Waals surface area (Å²) in [6.45, 7) is 6.37. The molecule has 1 aromatic rings.